The fourth-order valence-electron chi connectivity index (χ4n) is 1.99. The highest BCUT2D eigenvalue weighted by atomic mass is 16.5. The summed E-state index contributed by atoms with van der Waals surface area (Å²) in [5, 5.41) is 0. The van der Waals surface area contributed by atoms with Gasteiger partial charge in [0.05, 0.1) is 7.11 Å². The van der Waals surface area contributed by atoms with Crippen LogP contribution in [0.1, 0.15) is 17.5 Å². The van der Waals surface area contributed by atoms with Crippen LogP contribution in [-0.4, -0.2) is 12.9 Å². The molecule has 0 atom stereocenters. The summed E-state index contributed by atoms with van der Waals surface area (Å²) < 4.78 is 5.11. The van der Waals surface area contributed by atoms with Crippen molar-refractivity contribution in [2.24, 2.45) is 0 Å². The van der Waals surface area contributed by atoms with E-state index in [1.807, 2.05) is 54.6 Å². The second-order valence-electron chi connectivity index (χ2n) is 4.55. The molecule has 0 saturated heterocycles. The molecule has 0 fully saturated rings. The summed E-state index contributed by atoms with van der Waals surface area (Å²) in [5.74, 6) is 1.13. The minimum absolute atomic E-state index is 0.280. The van der Waals surface area contributed by atoms with Crippen LogP contribution in [0, 0.1) is 0 Å². The van der Waals surface area contributed by atoms with Crippen LogP contribution >= 0.6 is 0 Å². The summed E-state index contributed by atoms with van der Waals surface area (Å²) in [5.41, 5.74) is 2.25. The van der Waals surface area contributed by atoms with Gasteiger partial charge in [0.1, 0.15) is 11.5 Å². The predicted octanol–water partition coefficient (Wildman–Crippen LogP) is 3.44. The van der Waals surface area contributed by atoms with Crippen molar-refractivity contribution in [3.8, 4) is 5.75 Å². The van der Waals surface area contributed by atoms with Gasteiger partial charge in [0, 0.05) is 12.8 Å². The molecule has 0 spiro atoms. The Labute approximate surface area is 114 Å². The Hall–Kier alpha value is -2.09. The number of benzene rings is 2. The number of rotatable bonds is 6. The second kappa shape index (κ2) is 6.74. The number of hydrogen-bond donors (Lipinski definition) is 0. The Morgan fingerprint density at radius 1 is 0.947 bits per heavy atom. The Morgan fingerprint density at radius 3 is 2.26 bits per heavy atom. The van der Waals surface area contributed by atoms with Crippen LogP contribution in [0.25, 0.3) is 0 Å². The highest BCUT2D eigenvalue weighted by Gasteiger charge is 2.04. The van der Waals surface area contributed by atoms with Gasteiger partial charge in [-0.1, -0.05) is 42.5 Å². The zero-order valence-electron chi connectivity index (χ0n) is 11.1. The average Bonchev–Trinajstić information content (AvgIpc) is 2.47. The van der Waals surface area contributed by atoms with Crippen LogP contribution in [0.3, 0.4) is 0 Å². The van der Waals surface area contributed by atoms with E-state index in [2.05, 4.69) is 0 Å². The highest BCUT2D eigenvalue weighted by Crippen LogP contribution is 2.13. The van der Waals surface area contributed by atoms with Crippen molar-refractivity contribution < 1.29 is 9.53 Å². The molecular weight excluding hydrogens is 236 g/mol. The van der Waals surface area contributed by atoms with E-state index >= 15 is 0 Å². The van der Waals surface area contributed by atoms with E-state index in [9.17, 15) is 4.79 Å². The standard InChI is InChI=1S/C17H18O2/c1-19-17-11-8-14(9-12-17)7-10-16(18)13-15-5-3-2-4-6-15/h2-6,8-9,11-12H,7,10,13H2,1H3. The summed E-state index contributed by atoms with van der Waals surface area (Å²) in [6.45, 7) is 0. The van der Waals surface area contributed by atoms with Crippen LogP contribution in [0.4, 0.5) is 0 Å². The summed E-state index contributed by atoms with van der Waals surface area (Å²) in [6, 6.07) is 17.7. The van der Waals surface area contributed by atoms with Gasteiger partial charge in [-0.25, -0.2) is 0 Å². The van der Waals surface area contributed by atoms with Crippen molar-refractivity contribution in [3.63, 3.8) is 0 Å². The molecule has 19 heavy (non-hydrogen) atoms. The molecule has 2 nitrogen and oxygen atoms in total. The molecule has 2 aromatic carbocycles. The van der Waals surface area contributed by atoms with Gasteiger partial charge >= 0.3 is 0 Å². The van der Waals surface area contributed by atoms with Crippen molar-refractivity contribution in [1.82, 2.24) is 0 Å². The summed E-state index contributed by atoms with van der Waals surface area (Å²) in [4.78, 5) is 11.9. The molecule has 0 aliphatic rings. The Morgan fingerprint density at radius 2 is 1.63 bits per heavy atom. The number of aryl methyl sites for hydroxylation is 1. The van der Waals surface area contributed by atoms with E-state index in [1.54, 1.807) is 7.11 Å². The summed E-state index contributed by atoms with van der Waals surface area (Å²) >= 11 is 0. The smallest absolute Gasteiger partial charge is 0.137 e. The third-order valence-electron chi connectivity index (χ3n) is 3.10. The van der Waals surface area contributed by atoms with Crippen LogP contribution in [-0.2, 0) is 17.6 Å². The molecule has 0 unspecified atom stereocenters. The number of carbonyl (C=O) groups excluding carboxylic acids is 1. The minimum atomic E-state index is 0.280. The molecule has 0 aromatic heterocycles. The number of ketones is 1. The molecule has 0 aliphatic carbocycles. The third kappa shape index (κ3) is 4.25. The van der Waals surface area contributed by atoms with E-state index in [4.69, 9.17) is 4.74 Å². The van der Waals surface area contributed by atoms with Gasteiger partial charge in [0.15, 0.2) is 0 Å². The average molecular weight is 254 g/mol. The zero-order chi connectivity index (χ0) is 13.5. The molecule has 2 aromatic rings. The molecule has 2 heteroatoms. The number of methoxy groups -OCH3 is 1. The normalized spacial score (nSPS) is 10.2. The van der Waals surface area contributed by atoms with Crippen LogP contribution in [0.15, 0.2) is 54.6 Å². The minimum Gasteiger partial charge on any atom is -0.497 e. The molecule has 0 radical (unpaired) electrons. The van der Waals surface area contributed by atoms with Gasteiger partial charge < -0.3 is 4.74 Å². The third-order valence-corrected chi connectivity index (χ3v) is 3.10. The van der Waals surface area contributed by atoms with Gasteiger partial charge in [0.25, 0.3) is 0 Å². The van der Waals surface area contributed by atoms with E-state index in [0.29, 0.717) is 12.8 Å². The lowest BCUT2D eigenvalue weighted by Gasteiger charge is -2.04. The zero-order valence-corrected chi connectivity index (χ0v) is 11.1. The molecular formula is C17H18O2. The van der Waals surface area contributed by atoms with E-state index in [1.165, 1.54) is 5.56 Å². The molecule has 0 N–H and O–H groups in total. The lowest BCUT2D eigenvalue weighted by molar-refractivity contribution is -0.118. The Balaban J connectivity index is 1.83. The fourth-order valence-corrected chi connectivity index (χ4v) is 1.99. The topological polar surface area (TPSA) is 26.3 Å². The molecule has 0 saturated carbocycles. The highest BCUT2D eigenvalue weighted by molar-refractivity contribution is 5.81. The maximum atomic E-state index is 11.9. The van der Waals surface area contributed by atoms with Crippen molar-refractivity contribution in [2.45, 2.75) is 19.3 Å². The monoisotopic (exact) mass is 254 g/mol. The molecule has 0 aliphatic heterocycles. The predicted molar refractivity (Wildman–Crippen MR) is 76.5 cm³/mol. The molecule has 98 valence electrons. The van der Waals surface area contributed by atoms with Crippen molar-refractivity contribution in [2.75, 3.05) is 7.11 Å². The van der Waals surface area contributed by atoms with Crippen molar-refractivity contribution >= 4 is 5.78 Å². The lowest BCUT2D eigenvalue weighted by atomic mass is 10.0. The first-order chi connectivity index (χ1) is 9.28. The number of hydrogen-bond acceptors (Lipinski definition) is 2. The van der Waals surface area contributed by atoms with Crippen molar-refractivity contribution in [3.05, 3.63) is 65.7 Å². The van der Waals surface area contributed by atoms with Gasteiger partial charge in [-0.05, 0) is 29.7 Å². The second-order valence-corrected chi connectivity index (χ2v) is 4.55. The van der Waals surface area contributed by atoms with Gasteiger partial charge in [-0.15, -0.1) is 0 Å². The number of Topliss-reactive ketones (excluding diaryl/α,β-unsaturated/α-hetero) is 1. The van der Waals surface area contributed by atoms with Crippen LogP contribution < -0.4 is 4.74 Å². The number of ether oxygens (including phenoxy) is 1. The van der Waals surface area contributed by atoms with Crippen molar-refractivity contribution in [1.29, 1.82) is 0 Å². The van der Waals surface area contributed by atoms with E-state index < -0.39 is 0 Å². The number of carbonyl (C=O) groups is 1. The van der Waals surface area contributed by atoms with Gasteiger partial charge in [-0.3, -0.25) is 4.79 Å². The first-order valence-electron chi connectivity index (χ1n) is 6.46. The molecule has 2 rings (SSSR count). The Kier molecular flexibility index (Phi) is 4.73. The summed E-state index contributed by atoms with van der Waals surface area (Å²) in [7, 11) is 1.65. The van der Waals surface area contributed by atoms with Gasteiger partial charge in [0.2, 0.25) is 0 Å². The summed E-state index contributed by atoms with van der Waals surface area (Å²) in [6.07, 6.45) is 1.90. The molecule has 0 amide bonds. The largest absolute Gasteiger partial charge is 0.497 e. The van der Waals surface area contributed by atoms with E-state index in [0.717, 1.165) is 17.7 Å². The first kappa shape index (κ1) is 13.3. The SMILES string of the molecule is COc1ccc(CCC(=O)Cc2ccccc2)cc1. The fraction of sp³-hybridized carbons (Fsp3) is 0.235. The van der Waals surface area contributed by atoms with E-state index in [-0.39, 0.29) is 5.78 Å². The maximum Gasteiger partial charge on any atom is 0.137 e. The molecule has 0 heterocycles. The van der Waals surface area contributed by atoms with Gasteiger partial charge in [-0.2, -0.15) is 0 Å². The maximum absolute atomic E-state index is 11.9. The molecule has 0 bridgehead atoms. The van der Waals surface area contributed by atoms with Crippen LogP contribution in [0.2, 0.25) is 0 Å². The first-order valence-corrected chi connectivity index (χ1v) is 6.46. The lowest BCUT2D eigenvalue weighted by Crippen LogP contribution is -2.04. The van der Waals surface area contributed by atoms with Crippen LogP contribution in [0.5, 0.6) is 5.75 Å². The quantitative estimate of drug-likeness (QED) is 0.789. The Bertz CT molecular complexity index is 515.